The van der Waals surface area contributed by atoms with Crippen molar-refractivity contribution < 1.29 is 4.79 Å². The van der Waals surface area contributed by atoms with Gasteiger partial charge in [-0.25, -0.2) is 0 Å². The molecule has 4 rings (SSSR count). The molecule has 0 spiro atoms. The van der Waals surface area contributed by atoms with Gasteiger partial charge in [0.05, 0.1) is 17.8 Å². The van der Waals surface area contributed by atoms with Crippen LogP contribution in [0.4, 0.5) is 0 Å². The molecule has 2 heterocycles. The van der Waals surface area contributed by atoms with E-state index in [2.05, 4.69) is 79.3 Å². The number of benzene rings is 2. The molecule has 2 aromatic carbocycles. The number of thiol groups is 1. The van der Waals surface area contributed by atoms with Crippen molar-refractivity contribution in [2.45, 2.75) is 26.4 Å². The van der Waals surface area contributed by atoms with Crippen molar-refractivity contribution in [2.75, 3.05) is 26.7 Å². The maximum absolute atomic E-state index is 9.44. The fourth-order valence-corrected chi connectivity index (χ4v) is 4.54. The molecule has 0 aliphatic carbocycles. The number of carbonyl (C=O) groups excluding carboxylic acids is 1. The first kappa shape index (κ1) is 25.4. The van der Waals surface area contributed by atoms with Gasteiger partial charge in [-0.3, -0.25) is 10.00 Å². The van der Waals surface area contributed by atoms with Gasteiger partial charge in [0.25, 0.3) is 0 Å². The lowest BCUT2D eigenvalue weighted by Gasteiger charge is -2.40. The Hall–Kier alpha value is -2.24. The van der Waals surface area contributed by atoms with Crippen LogP contribution < -0.4 is 5.30 Å². The Balaban J connectivity index is 0.000000709. The summed E-state index contributed by atoms with van der Waals surface area (Å²) in [7, 11) is 5.07. The number of piperazine rings is 1. The Morgan fingerprint density at radius 3 is 2.67 bits per heavy atom. The van der Waals surface area contributed by atoms with Crippen molar-refractivity contribution in [2.24, 2.45) is 0 Å². The number of hydrogen-bond acceptors (Lipinski definition) is 5. The number of rotatable bonds is 5. The molecule has 1 aromatic heterocycles. The van der Waals surface area contributed by atoms with E-state index in [9.17, 15) is 4.79 Å². The summed E-state index contributed by atoms with van der Waals surface area (Å²) < 4.78 is 0. The highest BCUT2D eigenvalue weighted by atomic mass is 32.1. The SMILES string of the molecule is C=C/C=C(\S)[C@@H]1CN(C)CCN1Cc1cc(-c2ccc3[nH]ncc3c2)ccc1P.CC(C)=O. The Labute approximate surface area is 204 Å². The Morgan fingerprint density at radius 1 is 1.24 bits per heavy atom. The first-order chi connectivity index (χ1) is 15.8. The minimum atomic E-state index is 0.167. The number of allylic oxidation sites excluding steroid dienone is 2. The van der Waals surface area contributed by atoms with Crippen LogP contribution >= 0.6 is 21.9 Å². The molecule has 33 heavy (non-hydrogen) atoms. The number of aromatic nitrogens is 2. The van der Waals surface area contributed by atoms with Crippen LogP contribution in [0.1, 0.15) is 19.4 Å². The van der Waals surface area contributed by atoms with Crippen LogP contribution in [0, 0.1) is 0 Å². The fourth-order valence-electron chi connectivity index (χ4n) is 3.92. The molecule has 7 heteroatoms. The largest absolute Gasteiger partial charge is 0.303 e. The molecule has 1 unspecified atom stereocenters. The summed E-state index contributed by atoms with van der Waals surface area (Å²) >= 11 is 4.76. The zero-order chi connectivity index (χ0) is 24.0. The second-order valence-electron chi connectivity index (χ2n) is 8.57. The summed E-state index contributed by atoms with van der Waals surface area (Å²) in [6.07, 6.45) is 5.71. The van der Waals surface area contributed by atoms with E-state index >= 15 is 0 Å². The molecule has 0 amide bonds. The molecule has 1 aliphatic rings. The molecule has 1 aliphatic heterocycles. The summed E-state index contributed by atoms with van der Waals surface area (Å²) in [6.45, 7) is 10.8. The van der Waals surface area contributed by atoms with Gasteiger partial charge in [-0.05, 0) is 61.1 Å². The molecule has 3 aromatic rings. The normalized spacial score (nSPS) is 17.5. The Bertz CT molecular complexity index is 1150. The van der Waals surface area contributed by atoms with Crippen LogP contribution in [0.2, 0.25) is 0 Å². The lowest BCUT2D eigenvalue weighted by molar-refractivity contribution is -0.114. The Morgan fingerprint density at radius 2 is 1.94 bits per heavy atom. The minimum Gasteiger partial charge on any atom is -0.303 e. The van der Waals surface area contributed by atoms with Gasteiger partial charge in [0.1, 0.15) is 5.78 Å². The third-order valence-electron chi connectivity index (χ3n) is 5.61. The molecule has 0 saturated carbocycles. The van der Waals surface area contributed by atoms with E-state index in [1.807, 2.05) is 18.3 Å². The topological polar surface area (TPSA) is 52.2 Å². The molecule has 1 saturated heterocycles. The summed E-state index contributed by atoms with van der Waals surface area (Å²) in [6, 6.07) is 13.4. The number of hydrogen-bond donors (Lipinski definition) is 2. The molecule has 1 fully saturated rings. The monoisotopic (exact) mass is 480 g/mol. The highest BCUT2D eigenvalue weighted by Crippen LogP contribution is 2.26. The fraction of sp³-hybridized carbons (Fsp3) is 0.308. The third kappa shape index (κ3) is 6.87. The first-order valence-corrected chi connectivity index (χ1v) is 12.0. The van der Waals surface area contributed by atoms with E-state index in [0.29, 0.717) is 0 Å². The second kappa shape index (κ2) is 11.8. The number of carbonyl (C=O) groups is 1. The number of nitrogens with one attached hydrogen (secondary N) is 1. The average Bonchev–Trinajstić information content (AvgIpc) is 3.24. The summed E-state index contributed by atoms with van der Waals surface area (Å²) in [4.78, 5) is 15.4. The molecule has 5 nitrogen and oxygen atoms in total. The number of H-pyrrole nitrogens is 1. The molecule has 1 N–H and O–H groups in total. The number of nitrogens with zero attached hydrogens (tertiary/aromatic N) is 3. The van der Waals surface area contributed by atoms with Crippen molar-refractivity contribution in [3.05, 3.63) is 71.8 Å². The molecule has 174 valence electrons. The van der Waals surface area contributed by atoms with E-state index in [4.69, 9.17) is 12.6 Å². The summed E-state index contributed by atoms with van der Waals surface area (Å²) in [5, 5.41) is 9.52. The van der Waals surface area contributed by atoms with Gasteiger partial charge in [-0.1, -0.05) is 36.9 Å². The van der Waals surface area contributed by atoms with Crippen LogP contribution in [0.3, 0.4) is 0 Å². The zero-order valence-corrected chi connectivity index (χ0v) is 21.6. The highest BCUT2D eigenvalue weighted by Gasteiger charge is 2.27. The van der Waals surface area contributed by atoms with Gasteiger partial charge in [-0.2, -0.15) is 5.10 Å². The van der Waals surface area contributed by atoms with Gasteiger partial charge in [0.2, 0.25) is 0 Å². The summed E-state index contributed by atoms with van der Waals surface area (Å²) in [5.74, 6) is 0.167. The maximum atomic E-state index is 9.44. The van der Waals surface area contributed by atoms with Crippen molar-refractivity contribution >= 4 is 43.9 Å². The third-order valence-corrected chi connectivity index (χ3v) is 6.62. The van der Waals surface area contributed by atoms with Crippen LogP contribution in [0.25, 0.3) is 22.0 Å². The van der Waals surface area contributed by atoms with Crippen LogP contribution in [-0.2, 0) is 11.3 Å². The lowest BCUT2D eigenvalue weighted by atomic mass is 10.0. The summed E-state index contributed by atoms with van der Waals surface area (Å²) in [5.41, 5.74) is 4.83. The Kier molecular flexibility index (Phi) is 9.04. The van der Waals surface area contributed by atoms with Crippen molar-refractivity contribution in [3.8, 4) is 11.1 Å². The number of Topliss-reactive ketones (excluding diaryl/α,β-unsaturated/α-hetero) is 1. The van der Waals surface area contributed by atoms with E-state index in [1.54, 1.807) is 0 Å². The van der Waals surface area contributed by atoms with E-state index < -0.39 is 0 Å². The molecule has 0 radical (unpaired) electrons. The minimum absolute atomic E-state index is 0.167. The van der Waals surface area contributed by atoms with E-state index in [0.717, 1.165) is 42.0 Å². The molecular weight excluding hydrogens is 447 g/mol. The van der Waals surface area contributed by atoms with E-state index in [-0.39, 0.29) is 11.8 Å². The molecule has 0 bridgehead atoms. The number of aromatic amines is 1. The van der Waals surface area contributed by atoms with Crippen molar-refractivity contribution in [1.82, 2.24) is 20.0 Å². The quantitative estimate of drug-likeness (QED) is 0.322. The second-order valence-corrected chi connectivity index (χ2v) is 9.71. The predicted molar refractivity (Wildman–Crippen MR) is 146 cm³/mol. The average molecular weight is 481 g/mol. The van der Waals surface area contributed by atoms with Gasteiger partial charge in [0, 0.05) is 36.5 Å². The van der Waals surface area contributed by atoms with Crippen LogP contribution in [-0.4, -0.2) is 58.5 Å². The standard InChI is InChI=1S/C23H27N4PS.C3H6O/c1-3-4-23(29)21-15-26(2)9-10-27(21)14-19-12-17(6-8-22(19)28)16-5-7-20-18(11-16)13-24-25-20;1-3(2)4/h3-8,11-13,21,29H,1,9-10,14-15,28H2,2H3,(H,24,25);1-2H3/b23-4-;/t21-;/m0./s1. The van der Waals surface area contributed by atoms with Crippen molar-refractivity contribution in [1.29, 1.82) is 0 Å². The predicted octanol–water partition coefficient (Wildman–Crippen LogP) is 4.44. The van der Waals surface area contributed by atoms with Gasteiger partial charge >= 0.3 is 0 Å². The van der Waals surface area contributed by atoms with Crippen LogP contribution in [0.5, 0.6) is 0 Å². The van der Waals surface area contributed by atoms with Crippen LogP contribution in [0.15, 0.2) is 66.2 Å². The number of likely N-dealkylation sites (N-methyl/N-ethyl adjacent to an activating group) is 1. The number of fused-ring (bicyclic) bond motifs is 1. The number of ketones is 1. The maximum Gasteiger partial charge on any atom is 0.126 e. The zero-order valence-electron chi connectivity index (χ0n) is 19.6. The van der Waals surface area contributed by atoms with E-state index in [1.165, 1.54) is 35.8 Å². The van der Waals surface area contributed by atoms with Crippen molar-refractivity contribution in [3.63, 3.8) is 0 Å². The first-order valence-electron chi connectivity index (χ1n) is 11.0. The smallest absolute Gasteiger partial charge is 0.126 e. The van der Waals surface area contributed by atoms with Gasteiger partial charge in [-0.15, -0.1) is 21.9 Å². The molecular formula is C26H33N4OPS. The lowest BCUT2D eigenvalue weighted by Crippen LogP contribution is -2.51. The van der Waals surface area contributed by atoms with Gasteiger partial charge < -0.3 is 9.69 Å². The highest BCUT2D eigenvalue weighted by molar-refractivity contribution is 7.84. The molecule has 2 atom stereocenters. The van der Waals surface area contributed by atoms with Gasteiger partial charge in [0.15, 0.2) is 0 Å².